The molecule has 3 radical (unpaired) electrons. The van der Waals surface area contributed by atoms with Gasteiger partial charge < -0.3 is 80.8 Å². The maximum atomic E-state index is 12.7. The molecule has 0 bridgehead atoms. The number of piperazine rings is 3. The molecule has 5 amide bonds. The monoisotopic (exact) mass is 1900 g/mol. The molecule has 0 atom stereocenters. The van der Waals surface area contributed by atoms with Crippen LogP contribution in [0.2, 0.25) is 0 Å². The first-order valence-corrected chi connectivity index (χ1v) is 46.1. The molecule has 8 aliphatic heterocycles. The molecule has 0 unspecified atom stereocenters. The van der Waals surface area contributed by atoms with Gasteiger partial charge in [-0.1, -0.05) is 121 Å². The summed E-state index contributed by atoms with van der Waals surface area (Å²) in [7, 11) is 2.83. The van der Waals surface area contributed by atoms with Crippen molar-refractivity contribution in [3.63, 3.8) is 0 Å². The number of ether oxygens (including phenoxy) is 6. The number of aldehydes is 1. The van der Waals surface area contributed by atoms with E-state index >= 15 is 0 Å². The number of nitrogens with zero attached hydrogens (tertiary/aromatic N) is 6. The van der Waals surface area contributed by atoms with Crippen LogP contribution in [0.5, 0.6) is 0 Å². The van der Waals surface area contributed by atoms with Gasteiger partial charge >= 0.3 is 77.6 Å². The van der Waals surface area contributed by atoms with E-state index in [1.54, 1.807) is 30.6 Å². The van der Waals surface area contributed by atoms with E-state index in [0.717, 1.165) is 138 Å². The van der Waals surface area contributed by atoms with E-state index in [1.807, 2.05) is 123 Å². The molecule has 0 aromatic heterocycles. The summed E-state index contributed by atoms with van der Waals surface area (Å²) in [5, 5.41) is 27.7. The van der Waals surface area contributed by atoms with E-state index in [4.69, 9.17) is 44.1 Å². The van der Waals surface area contributed by atoms with Crippen molar-refractivity contribution in [2.45, 2.75) is 270 Å². The van der Waals surface area contributed by atoms with Gasteiger partial charge in [-0.2, -0.15) is 0 Å². The molecule has 12 rings (SSSR count). The van der Waals surface area contributed by atoms with Crippen molar-refractivity contribution in [3.05, 3.63) is 144 Å². The van der Waals surface area contributed by atoms with Crippen LogP contribution >= 0.6 is 0 Å². The third kappa shape index (κ3) is 43.4. The van der Waals surface area contributed by atoms with Gasteiger partial charge in [0.2, 0.25) is 17.7 Å². The number of benzene rings is 4. The summed E-state index contributed by atoms with van der Waals surface area (Å²) in [5.74, 6) is -3.30. The number of nitrogens with two attached hydrogens (primary N) is 1. The Hall–Kier alpha value is -9.47. The van der Waals surface area contributed by atoms with Crippen LogP contribution in [-0.2, 0) is 117 Å². The number of carboxylic acids is 1. The molecule has 8 heterocycles. The van der Waals surface area contributed by atoms with Crippen LogP contribution in [0.3, 0.4) is 0 Å². The number of hydrogen-bond donors (Lipinski definition) is 7. The first kappa shape index (κ1) is 120. The Morgan fingerprint density at radius 2 is 0.756 bits per heavy atom. The summed E-state index contributed by atoms with van der Waals surface area (Å²) < 4.78 is 31.1. The normalized spacial score (nSPS) is 18.2. The molecular formula is C98H150BN13NaO22. The minimum absolute atomic E-state index is 0. The second kappa shape index (κ2) is 58.3. The van der Waals surface area contributed by atoms with Gasteiger partial charge in [-0.25, -0.2) is 29.0 Å². The van der Waals surface area contributed by atoms with Crippen molar-refractivity contribution in [1.82, 2.24) is 61.3 Å². The largest absolute Gasteiger partial charge is 1.00 e. The average Bonchev–Trinajstić information content (AvgIpc) is 0.761. The number of amides is 5. The van der Waals surface area contributed by atoms with Crippen molar-refractivity contribution in [1.29, 1.82) is 0 Å². The summed E-state index contributed by atoms with van der Waals surface area (Å²) in [6.07, 6.45) is 8.39. The van der Waals surface area contributed by atoms with E-state index in [2.05, 4.69) is 122 Å². The number of carbonyl (C=O) groups excluding carboxylic acids is 13. The number of methoxy groups -OCH3 is 2. The summed E-state index contributed by atoms with van der Waals surface area (Å²) in [6, 6.07) is 41.5. The van der Waals surface area contributed by atoms with Crippen molar-refractivity contribution >= 4 is 86.4 Å². The molecule has 0 saturated carbocycles. The minimum atomic E-state index is -1.08. The van der Waals surface area contributed by atoms with Gasteiger partial charge in [-0.05, 0) is 203 Å². The van der Waals surface area contributed by atoms with Gasteiger partial charge in [0, 0.05) is 159 Å². The van der Waals surface area contributed by atoms with E-state index in [0.29, 0.717) is 103 Å². The fourth-order valence-electron chi connectivity index (χ4n) is 16.1. The smallest absolute Gasteiger partial charge is 0.550 e. The summed E-state index contributed by atoms with van der Waals surface area (Å²) >= 11 is 0. The fraction of sp³-hybridized carbons (Fsp3) is 0.622. The van der Waals surface area contributed by atoms with Crippen LogP contribution in [0, 0.1) is 0 Å². The summed E-state index contributed by atoms with van der Waals surface area (Å²) in [6.45, 7) is 41.5. The zero-order valence-electron chi connectivity index (χ0n) is 83.2. The SMILES string of the molecule is CC(=O)OOC(C)=O.CC(=O)[O-].CC(C)(C)OC(=O)CCC=O.CC(C)(C)OC(=O)N1CCNC(=O)C12CCN(Cc1ccccc1)CC2.CC(C)(C)OC(=O)N1CCNC(=O)C12CCNCC2.COC(=O)C1(N)CCN(Cc2ccccc2)CC1.COC(=O)C1(NCCCC(=O)OC(C)(C)C)CCN(Cc2ccccc2)CC1.O=C1NCCNC12CCN(Cc1ccccc1)CC2.[B].[Na+]. The zero-order chi connectivity index (χ0) is 98.7. The molecule has 8 aliphatic rings. The predicted octanol–water partition coefficient (Wildman–Crippen LogP) is 4.38. The Morgan fingerprint density at radius 3 is 1.09 bits per heavy atom. The first-order valence-electron chi connectivity index (χ1n) is 46.1. The molecule has 0 aliphatic carbocycles. The topological polar surface area (TPSA) is 436 Å². The second-order valence-electron chi connectivity index (χ2n) is 38.2. The molecule has 8 fully saturated rings. The Labute approximate surface area is 822 Å². The van der Waals surface area contributed by atoms with Crippen molar-refractivity contribution < 1.29 is 135 Å². The Balaban J connectivity index is 0.000000412. The van der Waals surface area contributed by atoms with Crippen LogP contribution in [-0.4, -0.2) is 291 Å². The number of carbonyl (C=O) groups is 13. The molecule has 8 N–H and O–H groups in total. The van der Waals surface area contributed by atoms with E-state index in [1.165, 1.54) is 36.5 Å². The minimum Gasteiger partial charge on any atom is -0.550 e. The number of carboxylic acid groups (broad SMARTS) is 1. The van der Waals surface area contributed by atoms with Crippen molar-refractivity contribution in [3.8, 4) is 0 Å². The number of piperidine rings is 5. The van der Waals surface area contributed by atoms with Gasteiger partial charge in [0.05, 0.1) is 20.6 Å². The van der Waals surface area contributed by atoms with Crippen LogP contribution in [0.15, 0.2) is 121 Å². The number of hydrogen-bond acceptors (Lipinski definition) is 30. The number of likely N-dealkylation sites (tertiary alicyclic amines) is 4. The third-order valence-electron chi connectivity index (χ3n) is 22.7. The summed E-state index contributed by atoms with van der Waals surface area (Å²) in [4.78, 5) is 168. The number of rotatable bonds is 18. The van der Waals surface area contributed by atoms with Gasteiger partial charge in [0.1, 0.15) is 56.4 Å². The van der Waals surface area contributed by atoms with Gasteiger partial charge in [0.25, 0.3) is 0 Å². The van der Waals surface area contributed by atoms with Crippen LogP contribution in [0.25, 0.3) is 0 Å². The molecule has 35 nitrogen and oxygen atoms in total. The molecule has 4 aromatic rings. The number of esters is 4. The molecule has 4 aromatic carbocycles. The summed E-state index contributed by atoms with van der Waals surface area (Å²) in [5.41, 5.74) is 5.95. The van der Waals surface area contributed by atoms with Crippen LogP contribution in [0.4, 0.5) is 9.59 Å². The Kier molecular flexibility index (Phi) is 51.7. The molecule has 37 heteroatoms. The van der Waals surface area contributed by atoms with Crippen molar-refractivity contribution in [2.24, 2.45) is 5.73 Å². The van der Waals surface area contributed by atoms with E-state index in [9.17, 15) is 57.5 Å². The van der Waals surface area contributed by atoms with Gasteiger partial charge in [-0.3, -0.25) is 63.0 Å². The second-order valence-corrected chi connectivity index (χ2v) is 38.2. The Bertz CT molecular complexity index is 4270. The average molecular weight is 1900 g/mol. The Morgan fingerprint density at radius 1 is 0.430 bits per heavy atom. The fourth-order valence-corrected chi connectivity index (χ4v) is 16.1. The maximum absolute atomic E-state index is 12.7. The molecule has 135 heavy (non-hydrogen) atoms. The van der Waals surface area contributed by atoms with Crippen LogP contribution in [0.1, 0.15) is 216 Å². The zero-order valence-corrected chi connectivity index (χ0v) is 85.2. The van der Waals surface area contributed by atoms with E-state index < -0.39 is 62.5 Å². The number of aliphatic carboxylic acids is 1. The van der Waals surface area contributed by atoms with Crippen LogP contribution < -0.4 is 72.3 Å². The predicted molar refractivity (Wildman–Crippen MR) is 505 cm³/mol. The van der Waals surface area contributed by atoms with Gasteiger partial charge in [0.15, 0.2) is 0 Å². The molecular weight excluding hydrogens is 1740 g/mol. The van der Waals surface area contributed by atoms with E-state index in [-0.39, 0.29) is 110 Å². The third-order valence-corrected chi connectivity index (χ3v) is 22.7. The standard InChI is InChI=1S/C22H34N2O4.C20H29N3O3.C15H21N3O.C14H20N2O2.C13H23N3O3.C8H14O3.C4H6O4.C2H4O2.B.Na/c1-21(2,3)28-19(25)11-8-14-23-22(20(26)27-4)12-15-24(16-13-22)17-18-9-6-5-7-10-18;1-19(2,3)26-18(25)23-14-11-21-17(24)20(23)9-12-22(13-10-20)15-16-7-5-4-6-8-16;19-14-15(17-9-8-16-14)6-10-18(11-7-15)12-13-4-2-1-3-5-13;1-18-13(17)14(15)7-9-16(10-8-14)11-12-5-3-2-4-6-12;1-12(2,3)19-11(18)16-9-8-15-10(17)13(16)4-6-14-7-5-13;1-8(2,3)11-7(10)5-4-6-9;1-3(5)7-8-4(2)6;1-2(3)4;;/h5-7,9-10,23H,8,11-17H2,1-4H3;4-8H,9-15H2,1-3H3,(H,21,24);1-5,17H,6-12H2,(H,16,19);2-6H,7-11,15H2,1H3;14H,4-9H2,1-3H3,(H,15,17);6H,4-5H2,1-3H3;1-2H3;1H3,(H,3,4);;/q;;;;;;;;;+1/p-1. The molecule has 3 spiro atoms. The van der Waals surface area contributed by atoms with Crippen molar-refractivity contribution in [2.75, 3.05) is 125 Å². The van der Waals surface area contributed by atoms with Gasteiger partial charge in [-0.15, -0.1) is 0 Å². The number of nitrogens with one attached hydrogen (secondary N) is 6. The molecule has 743 valence electrons. The quantitative estimate of drug-likeness (QED) is 0.0138. The first-order chi connectivity index (χ1) is 62.6. The molecule has 8 saturated heterocycles. The maximum Gasteiger partial charge on any atom is 1.00 e.